The third-order valence-electron chi connectivity index (χ3n) is 7.23. The number of aliphatic imine (C=N–C) groups is 1. The highest BCUT2D eigenvalue weighted by Gasteiger charge is 2.58. The maximum absolute atomic E-state index is 13.3. The van der Waals surface area contributed by atoms with Gasteiger partial charge in [-0.25, -0.2) is 0 Å². The highest BCUT2D eigenvalue weighted by molar-refractivity contribution is 6.01. The van der Waals surface area contributed by atoms with Gasteiger partial charge in [-0.3, -0.25) is 14.7 Å². The van der Waals surface area contributed by atoms with E-state index in [2.05, 4.69) is 34.0 Å². The van der Waals surface area contributed by atoms with Crippen LogP contribution in [-0.4, -0.2) is 53.9 Å². The Morgan fingerprint density at radius 2 is 1.94 bits per heavy atom. The molecule has 1 saturated carbocycles. The lowest BCUT2D eigenvalue weighted by Gasteiger charge is -2.33. The molecule has 1 aromatic carbocycles. The van der Waals surface area contributed by atoms with Crippen LogP contribution in [0.1, 0.15) is 54.9 Å². The summed E-state index contributed by atoms with van der Waals surface area (Å²) in [5.74, 6) is 2.29. The Kier molecular flexibility index (Phi) is 5.13. The molecule has 1 aromatic rings. The summed E-state index contributed by atoms with van der Waals surface area (Å²) in [5.41, 5.74) is 2.82. The summed E-state index contributed by atoms with van der Waals surface area (Å²) in [6.07, 6.45) is 8.59. The van der Waals surface area contributed by atoms with Crippen LogP contribution < -0.4 is 9.47 Å². The van der Waals surface area contributed by atoms with E-state index in [4.69, 9.17) is 9.47 Å². The molecule has 31 heavy (non-hydrogen) atoms. The molecule has 1 amide bonds. The van der Waals surface area contributed by atoms with Crippen LogP contribution in [0.15, 0.2) is 42.6 Å². The number of carbonyl (C=O) groups is 1. The molecule has 6 nitrogen and oxygen atoms in total. The molecule has 6 heteroatoms. The van der Waals surface area contributed by atoms with Crippen LogP contribution in [0.2, 0.25) is 0 Å². The van der Waals surface area contributed by atoms with Gasteiger partial charge in [0.2, 0.25) is 6.29 Å². The molecule has 2 fully saturated rings. The average molecular weight is 422 g/mol. The van der Waals surface area contributed by atoms with Crippen molar-refractivity contribution in [3.8, 4) is 11.5 Å². The highest BCUT2D eigenvalue weighted by Crippen LogP contribution is 2.58. The fourth-order valence-corrected chi connectivity index (χ4v) is 5.40. The van der Waals surface area contributed by atoms with E-state index in [9.17, 15) is 4.79 Å². The van der Waals surface area contributed by atoms with Crippen molar-refractivity contribution in [1.29, 1.82) is 0 Å². The first-order valence-electron chi connectivity index (χ1n) is 11.4. The Labute approximate surface area is 184 Å². The van der Waals surface area contributed by atoms with Gasteiger partial charge in [0.15, 0.2) is 11.5 Å². The van der Waals surface area contributed by atoms with E-state index in [0.29, 0.717) is 11.7 Å². The van der Waals surface area contributed by atoms with Crippen LogP contribution in [0.25, 0.3) is 0 Å². The summed E-state index contributed by atoms with van der Waals surface area (Å²) >= 11 is 0. The summed E-state index contributed by atoms with van der Waals surface area (Å²) in [6, 6.07) is 3.95. The Balaban J connectivity index is 1.20. The summed E-state index contributed by atoms with van der Waals surface area (Å²) in [4.78, 5) is 22.1. The number of piperidine rings is 1. The monoisotopic (exact) mass is 421 g/mol. The van der Waals surface area contributed by atoms with Gasteiger partial charge < -0.3 is 14.4 Å². The second kappa shape index (κ2) is 7.83. The molecule has 164 valence electrons. The first-order chi connectivity index (χ1) is 15.0. The molecule has 1 unspecified atom stereocenters. The predicted octanol–water partition coefficient (Wildman–Crippen LogP) is 4.12. The summed E-state index contributed by atoms with van der Waals surface area (Å²) in [5, 5.41) is 0. The zero-order valence-electron chi connectivity index (χ0n) is 18.3. The molecular weight excluding hydrogens is 390 g/mol. The Morgan fingerprint density at radius 1 is 1.23 bits per heavy atom. The van der Waals surface area contributed by atoms with E-state index in [1.807, 2.05) is 19.1 Å². The maximum Gasteiger partial charge on any atom is 0.255 e. The van der Waals surface area contributed by atoms with Crippen LogP contribution in [-0.2, 0) is 5.54 Å². The van der Waals surface area contributed by atoms with Crippen molar-refractivity contribution in [2.45, 2.75) is 50.9 Å². The van der Waals surface area contributed by atoms with Gasteiger partial charge in [0, 0.05) is 31.8 Å². The molecule has 1 atom stereocenters. The summed E-state index contributed by atoms with van der Waals surface area (Å²) in [7, 11) is 0. The molecule has 1 saturated heterocycles. The predicted molar refractivity (Wildman–Crippen MR) is 121 cm³/mol. The van der Waals surface area contributed by atoms with Gasteiger partial charge in [-0.1, -0.05) is 13.2 Å². The first-order valence-corrected chi connectivity index (χ1v) is 11.4. The van der Waals surface area contributed by atoms with Gasteiger partial charge in [0.25, 0.3) is 5.91 Å². The number of ether oxygens (including phenoxy) is 2. The van der Waals surface area contributed by atoms with Crippen molar-refractivity contribution in [2.75, 3.05) is 26.2 Å². The third-order valence-corrected chi connectivity index (χ3v) is 7.23. The van der Waals surface area contributed by atoms with E-state index < -0.39 is 0 Å². The first kappa shape index (κ1) is 20.3. The maximum atomic E-state index is 13.3. The smallest absolute Gasteiger partial charge is 0.255 e. The Hall–Kier alpha value is -2.60. The lowest BCUT2D eigenvalue weighted by atomic mass is 9.93. The second-order valence-corrected chi connectivity index (χ2v) is 9.15. The normalized spacial score (nSPS) is 24.5. The topological polar surface area (TPSA) is 54.4 Å². The SMILES string of the molecule is C=CN=C(C=C)CN1CCC(CCN2C(=O)c3cc4c(cc3C23CC3)OC(C)O4)CC1. The second-order valence-electron chi connectivity index (χ2n) is 9.15. The molecule has 0 bridgehead atoms. The van der Waals surface area contributed by atoms with Gasteiger partial charge in [-0.05, 0) is 74.9 Å². The number of rotatable bonds is 7. The lowest BCUT2D eigenvalue weighted by Crippen LogP contribution is -2.39. The number of hydrogen-bond acceptors (Lipinski definition) is 5. The molecule has 3 heterocycles. The van der Waals surface area contributed by atoms with Crippen molar-refractivity contribution < 1.29 is 14.3 Å². The quantitative estimate of drug-likeness (QED) is 0.622. The van der Waals surface area contributed by atoms with Crippen LogP contribution in [0, 0.1) is 5.92 Å². The standard InChI is InChI=1S/C25H31N3O3/c1-4-19(26-5-2)16-27-11-6-18(7-12-27)8-13-28-24(29)20-14-22-23(31-17(3)30-22)15-21(20)25(28)9-10-25/h4-5,14-15,17-18H,1-2,6-13,16H2,3H3. The van der Waals surface area contributed by atoms with Crippen molar-refractivity contribution in [3.63, 3.8) is 0 Å². The van der Waals surface area contributed by atoms with Gasteiger partial charge in [-0.2, -0.15) is 0 Å². The fraction of sp³-hybridized carbons (Fsp3) is 0.520. The van der Waals surface area contributed by atoms with E-state index in [1.165, 1.54) is 0 Å². The van der Waals surface area contributed by atoms with Gasteiger partial charge in [0.05, 0.1) is 11.3 Å². The lowest BCUT2D eigenvalue weighted by molar-refractivity contribution is 0.0647. The molecule has 0 radical (unpaired) electrons. The van der Waals surface area contributed by atoms with Crippen molar-refractivity contribution >= 4 is 11.6 Å². The van der Waals surface area contributed by atoms with Crippen LogP contribution in [0.4, 0.5) is 0 Å². The highest BCUT2D eigenvalue weighted by atomic mass is 16.7. The van der Waals surface area contributed by atoms with Crippen LogP contribution in [0.3, 0.4) is 0 Å². The molecule has 0 N–H and O–H groups in total. The molecule has 3 aliphatic heterocycles. The summed E-state index contributed by atoms with van der Waals surface area (Å²) < 4.78 is 11.5. The summed E-state index contributed by atoms with van der Waals surface area (Å²) in [6.45, 7) is 13.2. The number of benzene rings is 1. The molecule has 1 aliphatic carbocycles. The van der Waals surface area contributed by atoms with Crippen molar-refractivity contribution in [3.05, 3.63) is 48.7 Å². The van der Waals surface area contributed by atoms with Gasteiger partial charge in [-0.15, -0.1) is 0 Å². The van der Waals surface area contributed by atoms with E-state index in [0.717, 1.165) is 80.9 Å². The fourth-order valence-electron chi connectivity index (χ4n) is 5.40. The number of fused-ring (bicyclic) bond motifs is 3. The Bertz CT molecular complexity index is 942. The van der Waals surface area contributed by atoms with E-state index in [-0.39, 0.29) is 17.7 Å². The minimum absolute atomic E-state index is 0.0999. The number of likely N-dealkylation sites (tertiary alicyclic amines) is 1. The number of amides is 1. The molecular formula is C25H31N3O3. The van der Waals surface area contributed by atoms with Crippen LogP contribution in [0.5, 0.6) is 11.5 Å². The number of carbonyl (C=O) groups excluding carboxylic acids is 1. The number of nitrogens with zero attached hydrogens (tertiary/aromatic N) is 3. The largest absolute Gasteiger partial charge is 0.451 e. The molecule has 0 aromatic heterocycles. The van der Waals surface area contributed by atoms with Gasteiger partial charge in [0.1, 0.15) is 0 Å². The Morgan fingerprint density at radius 3 is 2.58 bits per heavy atom. The van der Waals surface area contributed by atoms with Crippen LogP contribution >= 0.6 is 0 Å². The number of hydrogen-bond donors (Lipinski definition) is 0. The molecule has 1 spiro atoms. The minimum atomic E-state index is -0.282. The zero-order chi connectivity index (χ0) is 21.6. The van der Waals surface area contributed by atoms with E-state index in [1.54, 1.807) is 6.20 Å². The van der Waals surface area contributed by atoms with Crippen molar-refractivity contribution in [1.82, 2.24) is 9.80 Å². The zero-order valence-corrected chi connectivity index (χ0v) is 18.3. The van der Waals surface area contributed by atoms with Gasteiger partial charge >= 0.3 is 0 Å². The minimum Gasteiger partial charge on any atom is -0.451 e. The molecule has 5 rings (SSSR count). The average Bonchev–Trinajstić information content (AvgIpc) is 3.43. The van der Waals surface area contributed by atoms with Crippen molar-refractivity contribution in [2.24, 2.45) is 10.9 Å². The third kappa shape index (κ3) is 3.57. The molecule has 4 aliphatic rings. The van der Waals surface area contributed by atoms with E-state index >= 15 is 0 Å².